The molecule has 2 heterocycles. The van der Waals surface area contributed by atoms with Crippen molar-refractivity contribution in [2.24, 2.45) is 0 Å². The Morgan fingerprint density at radius 2 is 2.35 bits per heavy atom. The lowest BCUT2D eigenvalue weighted by molar-refractivity contribution is -0.140. The molecule has 0 spiro atoms. The lowest BCUT2D eigenvalue weighted by Gasteiger charge is -2.37. The molecule has 0 bridgehead atoms. The average molecular weight is 237 g/mol. The van der Waals surface area contributed by atoms with Crippen LogP contribution in [0.25, 0.3) is 0 Å². The van der Waals surface area contributed by atoms with Crippen LogP contribution in [0.1, 0.15) is 32.7 Å². The summed E-state index contributed by atoms with van der Waals surface area (Å²) in [7, 11) is 0. The van der Waals surface area contributed by atoms with Gasteiger partial charge in [-0.3, -0.25) is 9.48 Å². The molecule has 1 fully saturated rings. The molecule has 1 amide bonds. The van der Waals surface area contributed by atoms with Gasteiger partial charge in [-0.25, -0.2) is 0 Å². The van der Waals surface area contributed by atoms with Crippen LogP contribution in [0.2, 0.25) is 0 Å². The fourth-order valence-electron chi connectivity index (χ4n) is 2.30. The van der Waals surface area contributed by atoms with E-state index in [-0.39, 0.29) is 11.9 Å². The summed E-state index contributed by atoms with van der Waals surface area (Å²) in [6.07, 6.45) is 5.05. The molecule has 1 aromatic heterocycles. The van der Waals surface area contributed by atoms with Gasteiger partial charge in [-0.1, -0.05) is 0 Å². The lowest BCUT2D eigenvalue weighted by atomic mass is 9.95. The molecule has 1 aliphatic heterocycles. The van der Waals surface area contributed by atoms with E-state index in [0.717, 1.165) is 19.4 Å². The number of amides is 1. The number of piperidine rings is 1. The number of aliphatic hydroxyl groups is 1. The molecule has 0 aliphatic carbocycles. The van der Waals surface area contributed by atoms with Crippen LogP contribution >= 0.6 is 0 Å². The van der Waals surface area contributed by atoms with Crippen molar-refractivity contribution in [1.82, 2.24) is 14.7 Å². The maximum absolute atomic E-state index is 12.2. The molecule has 1 aliphatic rings. The first-order chi connectivity index (χ1) is 7.99. The van der Waals surface area contributed by atoms with Gasteiger partial charge in [0.1, 0.15) is 6.04 Å². The third-order valence-corrected chi connectivity index (χ3v) is 3.27. The van der Waals surface area contributed by atoms with E-state index in [2.05, 4.69) is 5.10 Å². The van der Waals surface area contributed by atoms with E-state index < -0.39 is 5.60 Å². The third kappa shape index (κ3) is 2.66. The predicted octanol–water partition coefficient (Wildman–Crippen LogP) is 0.817. The van der Waals surface area contributed by atoms with Gasteiger partial charge in [0.15, 0.2) is 0 Å². The van der Waals surface area contributed by atoms with Crippen LogP contribution in [-0.4, -0.2) is 44.4 Å². The van der Waals surface area contributed by atoms with Crippen LogP contribution in [0.15, 0.2) is 18.5 Å². The molecule has 0 radical (unpaired) electrons. The number of β-amino-alcohol motifs (C(OH)–C–C–N with tert-alkyl or cyclic N) is 1. The second-order valence-electron chi connectivity index (χ2n) is 5.02. The zero-order chi connectivity index (χ0) is 12.5. The minimum atomic E-state index is -0.752. The zero-order valence-corrected chi connectivity index (χ0v) is 10.3. The monoisotopic (exact) mass is 237 g/mol. The topological polar surface area (TPSA) is 58.4 Å². The van der Waals surface area contributed by atoms with Crippen LogP contribution in [0.3, 0.4) is 0 Å². The number of nitrogens with zero attached hydrogens (tertiary/aromatic N) is 3. The molecule has 5 heteroatoms. The Balaban J connectivity index is 2.05. The van der Waals surface area contributed by atoms with Gasteiger partial charge in [0, 0.05) is 25.5 Å². The smallest absolute Gasteiger partial charge is 0.247 e. The normalized spacial score (nSPS) is 26.9. The van der Waals surface area contributed by atoms with Crippen molar-refractivity contribution >= 4 is 5.91 Å². The van der Waals surface area contributed by atoms with E-state index in [1.165, 1.54) is 0 Å². The molecule has 5 nitrogen and oxygen atoms in total. The Morgan fingerprint density at radius 3 is 2.94 bits per heavy atom. The minimum absolute atomic E-state index is 0.0219. The van der Waals surface area contributed by atoms with Crippen molar-refractivity contribution in [2.75, 3.05) is 13.1 Å². The molecule has 1 N–H and O–H groups in total. The SMILES string of the molecule is CC(C(=O)N1CCCC(C)(O)C1)n1cccn1. The highest BCUT2D eigenvalue weighted by atomic mass is 16.3. The van der Waals surface area contributed by atoms with Crippen LogP contribution < -0.4 is 0 Å². The first kappa shape index (κ1) is 12.1. The minimum Gasteiger partial charge on any atom is -0.388 e. The number of hydrogen-bond acceptors (Lipinski definition) is 3. The largest absolute Gasteiger partial charge is 0.388 e. The molecular formula is C12H19N3O2. The fraction of sp³-hybridized carbons (Fsp3) is 0.667. The summed E-state index contributed by atoms with van der Waals surface area (Å²) in [4.78, 5) is 14.0. The van der Waals surface area contributed by atoms with Crippen molar-refractivity contribution in [3.05, 3.63) is 18.5 Å². The Kier molecular flexibility index (Phi) is 3.19. The van der Waals surface area contributed by atoms with E-state index in [1.54, 1.807) is 35.0 Å². The van der Waals surface area contributed by atoms with E-state index in [0.29, 0.717) is 6.54 Å². The first-order valence-corrected chi connectivity index (χ1v) is 6.00. The van der Waals surface area contributed by atoms with Crippen molar-refractivity contribution in [3.8, 4) is 0 Å². The third-order valence-electron chi connectivity index (χ3n) is 3.27. The number of likely N-dealkylation sites (tertiary alicyclic amines) is 1. The molecule has 2 atom stereocenters. The van der Waals surface area contributed by atoms with E-state index >= 15 is 0 Å². The average Bonchev–Trinajstić information content (AvgIpc) is 2.79. The second kappa shape index (κ2) is 4.49. The van der Waals surface area contributed by atoms with Crippen LogP contribution in [0, 0.1) is 0 Å². The number of carbonyl (C=O) groups is 1. The highest BCUT2D eigenvalue weighted by molar-refractivity contribution is 5.80. The Labute approximate surface area is 101 Å². The van der Waals surface area contributed by atoms with Gasteiger partial charge < -0.3 is 10.0 Å². The Bertz CT molecular complexity index is 386. The summed E-state index contributed by atoms with van der Waals surface area (Å²) in [5, 5.41) is 14.1. The maximum Gasteiger partial charge on any atom is 0.247 e. The molecule has 2 unspecified atom stereocenters. The summed E-state index contributed by atoms with van der Waals surface area (Å²) < 4.78 is 1.64. The number of aromatic nitrogens is 2. The predicted molar refractivity (Wildman–Crippen MR) is 63.4 cm³/mol. The van der Waals surface area contributed by atoms with E-state index in [1.807, 2.05) is 6.92 Å². The summed E-state index contributed by atoms with van der Waals surface area (Å²) in [5.74, 6) is 0.0219. The molecule has 0 aromatic carbocycles. The van der Waals surface area contributed by atoms with Crippen molar-refractivity contribution < 1.29 is 9.90 Å². The van der Waals surface area contributed by atoms with Crippen molar-refractivity contribution in [2.45, 2.75) is 38.3 Å². The van der Waals surface area contributed by atoms with Gasteiger partial charge >= 0.3 is 0 Å². The zero-order valence-electron chi connectivity index (χ0n) is 10.3. The van der Waals surface area contributed by atoms with E-state index in [4.69, 9.17) is 0 Å². The van der Waals surface area contributed by atoms with Gasteiger partial charge in [0.2, 0.25) is 5.91 Å². The quantitative estimate of drug-likeness (QED) is 0.828. The number of rotatable bonds is 2. The van der Waals surface area contributed by atoms with Gasteiger partial charge in [0.25, 0.3) is 0 Å². The summed E-state index contributed by atoms with van der Waals surface area (Å²) in [6, 6.07) is 1.50. The van der Waals surface area contributed by atoms with Gasteiger partial charge in [0.05, 0.1) is 5.60 Å². The summed E-state index contributed by atoms with van der Waals surface area (Å²) in [6.45, 7) is 4.75. The first-order valence-electron chi connectivity index (χ1n) is 6.00. The van der Waals surface area contributed by atoms with Crippen LogP contribution in [0.5, 0.6) is 0 Å². The number of hydrogen-bond donors (Lipinski definition) is 1. The molecule has 1 aromatic rings. The number of carbonyl (C=O) groups excluding carboxylic acids is 1. The van der Waals surface area contributed by atoms with Crippen molar-refractivity contribution in [3.63, 3.8) is 0 Å². The van der Waals surface area contributed by atoms with Gasteiger partial charge in [-0.05, 0) is 32.8 Å². The highest BCUT2D eigenvalue weighted by Crippen LogP contribution is 2.22. The highest BCUT2D eigenvalue weighted by Gasteiger charge is 2.33. The second-order valence-corrected chi connectivity index (χ2v) is 5.02. The molecule has 0 saturated carbocycles. The molecule has 1 saturated heterocycles. The molecular weight excluding hydrogens is 218 g/mol. The molecule has 17 heavy (non-hydrogen) atoms. The van der Waals surface area contributed by atoms with Gasteiger partial charge in [-0.2, -0.15) is 5.10 Å². The standard InChI is InChI=1S/C12H19N3O2/c1-10(15-8-4-6-13-15)11(16)14-7-3-5-12(2,17)9-14/h4,6,8,10,17H,3,5,7,9H2,1-2H3. The molecule has 94 valence electrons. The summed E-state index contributed by atoms with van der Waals surface area (Å²) in [5.41, 5.74) is -0.752. The maximum atomic E-state index is 12.2. The van der Waals surface area contributed by atoms with Crippen LogP contribution in [-0.2, 0) is 4.79 Å². The molecule has 2 rings (SSSR count). The Hall–Kier alpha value is -1.36. The van der Waals surface area contributed by atoms with Gasteiger partial charge in [-0.15, -0.1) is 0 Å². The summed E-state index contributed by atoms with van der Waals surface area (Å²) >= 11 is 0. The van der Waals surface area contributed by atoms with Crippen molar-refractivity contribution in [1.29, 1.82) is 0 Å². The lowest BCUT2D eigenvalue weighted by Crippen LogP contribution is -2.50. The fourth-order valence-corrected chi connectivity index (χ4v) is 2.30. The Morgan fingerprint density at radius 1 is 1.59 bits per heavy atom. The van der Waals surface area contributed by atoms with Crippen LogP contribution in [0.4, 0.5) is 0 Å². The van der Waals surface area contributed by atoms with E-state index in [9.17, 15) is 9.90 Å².